The van der Waals surface area contributed by atoms with Crippen molar-refractivity contribution < 1.29 is 0 Å². The lowest BCUT2D eigenvalue weighted by molar-refractivity contribution is 0.670. The maximum Gasteiger partial charge on any atom is 0.0553 e. The van der Waals surface area contributed by atoms with Gasteiger partial charge in [-0.3, -0.25) is 0 Å². The Morgan fingerprint density at radius 2 is 1.50 bits per heavy atom. The van der Waals surface area contributed by atoms with Gasteiger partial charge in [-0.05, 0) is 37.2 Å². The summed E-state index contributed by atoms with van der Waals surface area (Å²) in [5.74, 6) is 0. The second-order valence-corrected chi connectivity index (χ2v) is 6.02. The van der Waals surface area contributed by atoms with E-state index in [0.29, 0.717) is 0 Å². The molecule has 1 heterocycles. The van der Waals surface area contributed by atoms with Crippen molar-refractivity contribution in [3.63, 3.8) is 0 Å². The molecule has 3 rings (SSSR count). The molecule has 0 radical (unpaired) electrons. The number of fused-ring (bicyclic) bond motifs is 2. The maximum atomic E-state index is 3.50. The van der Waals surface area contributed by atoms with E-state index in [4.69, 9.17) is 0 Å². The van der Waals surface area contributed by atoms with Crippen molar-refractivity contribution in [3.8, 4) is 0 Å². The standard InChI is InChI=1S/C17H20N2S/c1-2-11-18-12-13-19-14-7-3-5-9-16(14)20-17-10-6-4-8-15(17)19/h3-10,18H,2,11-13H2,1H3. The van der Waals surface area contributed by atoms with Gasteiger partial charge in [-0.1, -0.05) is 43.0 Å². The van der Waals surface area contributed by atoms with Gasteiger partial charge in [0.15, 0.2) is 0 Å². The number of nitrogens with one attached hydrogen (secondary N) is 1. The Bertz CT molecular complexity index is 537. The van der Waals surface area contributed by atoms with E-state index in [2.05, 4.69) is 65.7 Å². The van der Waals surface area contributed by atoms with Gasteiger partial charge < -0.3 is 10.2 Å². The molecule has 1 N–H and O–H groups in total. The van der Waals surface area contributed by atoms with Gasteiger partial charge in [0.05, 0.1) is 11.4 Å². The second-order valence-electron chi connectivity index (χ2n) is 4.94. The fourth-order valence-corrected chi connectivity index (χ4v) is 3.61. The molecule has 2 aromatic rings. The topological polar surface area (TPSA) is 15.3 Å². The molecule has 1 aliphatic rings. The van der Waals surface area contributed by atoms with Crippen LogP contribution in [0, 0.1) is 0 Å². The largest absolute Gasteiger partial charge is 0.338 e. The Kier molecular flexibility index (Phi) is 4.28. The lowest BCUT2D eigenvalue weighted by Crippen LogP contribution is -2.30. The maximum absolute atomic E-state index is 3.50. The number of nitrogens with zero attached hydrogens (tertiary/aromatic N) is 1. The predicted octanol–water partition coefficient (Wildman–Crippen LogP) is 4.29. The highest BCUT2D eigenvalue weighted by molar-refractivity contribution is 7.99. The highest BCUT2D eigenvalue weighted by Gasteiger charge is 2.21. The zero-order chi connectivity index (χ0) is 13.8. The molecule has 0 saturated carbocycles. The zero-order valence-corrected chi connectivity index (χ0v) is 12.6. The molecule has 104 valence electrons. The van der Waals surface area contributed by atoms with Crippen molar-refractivity contribution in [2.45, 2.75) is 23.1 Å². The van der Waals surface area contributed by atoms with Crippen molar-refractivity contribution in [3.05, 3.63) is 48.5 Å². The first-order valence-electron chi connectivity index (χ1n) is 7.24. The molecular weight excluding hydrogens is 264 g/mol. The van der Waals surface area contributed by atoms with Crippen LogP contribution < -0.4 is 10.2 Å². The Hall–Kier alpha value is -1.45. The molecule has 0 saturated heterocycles. The van der Waals surface area contributed by atoms with E-state index in [1.807, 2.05) is 11.8 Å². The van der Waals surface area contributed by atoms with Gasteiger partial charge in [-0.15, -0.1) is 0 Å². The molecule has 2 aromatic carbocycles. The van der Waals surface area contributed by atoms with E-state index in [1.54, 1.807) is 0 Å². The summed E-state index contributed by atoms with van der Waals surface area (Å²) < 4.78 is 0. The highest BCUT2D eigenvalue weighted by atomic mass is 32.2. The molecule has 0 aromatic heterocycles. The first kappa shape index (κ1) is 13.5. The Morgan fingerprint density at radius 3 is 2.10 bits per heavy atom. The van der Waals surface area contributed by atoms with Crippen LogP contribution in [0.3, 0.4) is 0 Å². The van der Waals surface area contributed by atoms with Crippen LogP contribution in [0.5, 0.6) is 0 Å². The third kappa shape index (κ3) is 2.69. The van der Waals surface area contributed by atoms with Crippen LogP contribution >= 0.6 is 11.8 Å². The number of hydrogen-bond donors (Lipinski definition) is 1. The van der Waals surface area contributed by atoms with Gasteiger partial charge in [0.25, 0.3) is 0 Å². The van der Waals surface area contributed by atoms with E-state index >= 15 is 0 Å². The minimum Gasteiger partial charge on any atom is -0.338 e. The third-order valence-electron chi connectivity index (χ3n) is 3.47. The highest BCUT2D eigenvalue weighted by Crippen LogP contribution is 2.47. The fraction of sp³-hybridized carbons (Fsp3) is 0.294. The molecule has 2 nitrogen and oxygen atoms in total. The summed E-state index contributed by atoms with van der Waals surface area (Å²) >= 11 is 1.87. The van der Waals surface area contributed by atoms with Crippen molar-refractivity contribution in [1.82, 2.24) is 5.32 Å². The minimum absolute atomic E-state index is 1.01. The minimum atomic E-state index is 1.01. The predicted molar refractivity (Wildman–Crippen MR) is 87.2 cm³/mol. The van der Waals surface area contributed by atoms with Gasteiger partial charge in [0.2, 0.25) is 0 Å². The van der Waals surface area contributed by atoms with Crippen LogP contribution in [-0.4, -0.2) is 19.6 Å². The Labute approximate surface area is 125 Å². The number of rotatable bonds is 5. The van der Waals surface area contributed by atoms with E-state index in [-0.39, 0.29) is 0 Å². The number of hydrogen-bond acceptors (Lipinski definition) is 3. The van der Waals surface area contributed by atoms with Crippen LogP contribution in [0.2, 0.25) is 0 Å². The summed E-state index contributed by atoms with van der Waals surface area (Å²) in [6.07, 6.45) is 1.18. The van der Waals surface area contributed by atoms with Gasteiger partial charge in [0, 0.05) is 22.9 Å². The van der Waals surface area contributed by atoms with Crippen molar-refractivity contribution in [1.29, 1.82) is 0 Å². The first-order valence-corrected chi connectivity index (χ1v) is 8.06. The molecule has 0 amide bonds. The quantitative estimate of drug-likeness (QED) is 0.825. The van der Waals surface area contributed by atoms with E-state index in [9.17, 15) is 0 Å². The zero-order valence-electron chi connectivity index (χ0n) is 11.8. The molecule has 0 fully saturated rings. The summed E-state index contributed by atoms with van der Waals surface area (Å²) in [5, 5.41) is 3.50. The van der Waals surface area contributed by atoms with Gasteiger partial charge in [-0.25, -0.2) is 0 Å². The number of benzene rings is 2. The van der Waals surface area contributed by atoms with Crippen LogP contribution in [0.15, 0.2) is 58.3 Å². The molecule has 20 heavy (non-hydrogen) atoms. The van der Waals surface area contributed by atoms with Gasteiger partial charge in [-0.2, -0.15) is 0 Å². The summed E-state index contributed by atoms with van der Waals surface area (Å²) in [5.41, 5.74) is 2.66. The Morgan fingerprint density at radius 1 is 0.900 bits per heavy atom. The van der Waals surface area contributed by atoms with E-state index in [0.717, 1.165) is 19.6 Å². The SMILES string of the molecule is CCCNCCN1c2ccccc2Sc2ccccc21. The van der Waals surface area contributed by atoms with Crippen molar-refractivity contribution in [2.24, 2.45) is 0 Å². The lowest BCUT2D eigenvalue weighted by Gasteiger charge is -2.32. The van der Waals surface area contributed by atoms with E-state index in [1.165, 1.54) is 27.6 Å². The van der Waals surface area contributed by atoms with Crippen LogP contribution in [-0.2, 0) is 0 Å². The Balaban J connectivity index is 1.87. The monoisotopic (exact) mass is 284 g/mol. The number of anilines is 2. The summed E-state index contributed by atoms with van der Waals surface area (Å²) in [6, 6.07) is 17.3. The molecule has 0 bridgehead atoms. The molecule has 0 aliphatic carbocycles. The van der Waals surface area contributed by atoms with Crippen molar-refractivity contribution in [2.75, 3.05) is 24.5 Å². The molecule has 0 spiro atoms. The van der Waals surface area contributed by atoms with Gasteiger partial charge in [0.1, 0.15) is 0 Å². The molecule has 0 atom stereocenters. The normalized spacial score (nSPS) is 12.9. The average molecular weight is 284 g/mol. The third-order valence-corrected chi connectivity index (χ3v) is 4.60. The summed E-state index contributed by atoms with van der Waals surface area (Å²) in [7, 11) is 0. The molecule has 3 heteroatoms. The van der Waals surface area contributed by atoms with Crippen LogP contribution in [0.1, 0.15) is 13.3 Å². The average Bonchev–Trinajstić information content (AvgIpc) is 2.50. The summed E-state index contributed by atoms with van der Waals surface area (Å²) in [4.78, 5) is 5.13. The molecular formula is C17H20N2S. The first-order chi connectivity index (χ1) is 9.90. The van der Waals surface area contributed by atoms with Crippen molar-refractivity contribution >= 4 is 23.1 Å². The second kappa shape index (κ2) is 6.33. The molecule has 0 unspecified atom stereocenters. The lowest BCUT2D eigenvalue weighted by atomic mass is 10.2. The summed E-state index contributed by atoms with van der Waals surface area (Å²) in [6.45, 7) is 5.32. The molecule has 1 aliphatic heterocycles. The van der Waals surface area contributed by atoms with Gasteiger partial charge >= 0.3 is 0 Å². The van der Waals surface area contributed by atoms with E-state index < -0.39 is 0 Å². The number of para-hydroxylation sites is 2. The van der Waals surface area contributed by atoms with Crippen LogP contribution in [0.25, 0.3) is 0 Å². The fourth-order valence-electron chi connectivity index (χ4n) is 2.51. The smallest absolute Gasteiger partial charge is 0.0553 e. The van der Waals surface area contributed by atoms with Crippen LogP contribution in [0.4, 0.5) is 11.4 Å².